The largest absolute Gasteiger partial charge is 0.364 e. The van der Waals surface area contributed by atoms with E-state index >= 15 is 0 Å². The highest BCUT2D eigenvalue weighted by atomic mass is 16.1. The molecule has 4 nitrogen and oxygen atoms in total. The first-order valence-electron chi connectivity index (χ1n) is 7.27. The van der Waals surface area contributed by atoms with Crippen LogP contribution >= 0.6 is 0 Å². The molecule has 2 aromatic rings. The van der Waals surface area contributed by atoms with E-state index in [-0.39, 0.29) is 5.91 Å². The molecule has 1 fully saturated rings. The highest BCUT2D eigenvalue weighted by Crippen LogP contribution is 2.26. The van der Waals surface area contributed by atoms with Crippen LogP contribution in [0.1, 0.15) is 28.9 Å². The average molecular weight is 271 g/mol. The number of amides is 1. The van der Waals surface area contributed by atoms with Gasteiger partial charge in [-0.15, -0.1) is 0 Å². The first-order chi connectivity index (χ1) is 9.68. The zero-order valence-electron chi connectivity index (χ0n) is 11.9. The van der Waals surface area contributed by atoms with Crippen LogP contribution in [0, 0.1) is 0 Å². The number of benzene rings is 1. The predicted octanol–water partition coefficient (Wildman–Crippen LogP) is 1.92. The van der Waals surface area contributed by atoms with E-state index in [9.17, 15) is 4.79 Å². The Hall–Kier alpha value is -1.81. The molecule has 4 heteroatoms. The zero-order valence-corrected chi connectivity index (χ0v) is 11.9. The molecule has 0 radical (unpaired) electrons. The minimum atomic E-state index is -0.333. The Labute approximate surface area is 119 Å². The Morgan fingerprint density at radius 1 is 1.25 bits per heavy atom. The molecule has 1 amide bonds. The van der Waals surface area contributed by atoms with E-state index in [4.69, 9.17) is 5.73 Å². The third kappa shape index (κ3) is 2.20. The quantitative estimate of drug-likeness (QED) is 0.923. The van der Waals surface area contributed by atoms with Gasteiger partial charge in [0.05, 0.1) is 0 Å². The summed E-state index contributed by atoms with van der Waals surface area (Å²) in [6.45, 7) is 3.36. The fraction of sp³-hybridized carbons (Fsp3) is 0.438. The molecule has 3 rings (SSSR count). The molecule has 1 saturated heterocycles. The standard InChI is InChI=1S/C16H21N3O/c1-18-14-7-3-2-6-12(14)13(15(18)16(17)20)8-11-19-9-4-5-10-19/h2-3,6-7H,4-5,8-11H2,1H3,(H2,17,20). The van der Waals surface area contributed by atoms with Gasteiger partial charge in [0, 0.05) is 24.5 Å². The van der Waals surface area contributed by atoms with Crippen LogP contribution in [-0.4, -0.2) is 35.0 Å². The topological polar surface area (TPSA) is 51.3 Å². The molecule has 0 spiro atoms. The molecule has 1 aromatic heterocycles. The number of aryl methyl sites for hydroxylation is 1. The van der Waals surface area contributed by atoms with Crippen LogP contribution in [0.25, 0.3) is 10.9 Å². The number of aromatic nitrogens is 1. The van der Waals surface area contributed by atoms with Crippen molar-refractivity contribution < 1.29 is 4.79 Å². The van der Waals surface area contributed by atoms with Gasteiger partial charge in [-0.05, 0) is 44.0 Å². The van der Waals surface area contributed by atoms with Gasteiger partial charge in [-0.25, -0.2) is 0 Å². The van der Waals surface area contributed by atoms with Gasteiger partial charge in [0.2, 0.25) is 0 Å². The fourth-order valence-electron chi connectivity index (χ4n) is 3.31. The molecule has 0 saturated carbocycles. The van der Waals surface area contributed by atoms with Crippen molar-refractivity contribution in [3.63, 3.8) is 0 Å². The summed E-state index contributed by atoms with van der Waals surface area (Å²) < 4.78 is 1.93. The van der Waals surface area contributed by atoms with Crippen LogP contribution in [0.2, 0.25) is 0 Å². The number of rotatable bonds is 4. The third-order valence-corrected chi connectivity index (χ3v) is 4.32. The van der Waals surface area contributed by atoms with Crippen molar-refractivity contribution in [1.29, 1.82) is 0 Å². The van der Waals surface area contributed by atoms with Crippen molar-refractivity contribution in [2.45, 2.75) is 19.3 Å². The molecule has 0 aliphatic carbocycles. The maximum Gasteiger partial charge on any atom is 0.265 e. The molecule has 106 valence electrons. The van der Waals surface area contributed by atoms with Gasteiger partial charge in [0.1, 0.15) is 5.69 Å². The van der Waals surface area contributed by atoms with E-state index in [0.29, 0.717) is 5.69 Å². The van der Waals surface area contributed by atoms with Gasteiger partial charge in [-0.1, -0.05) is 18.2 Å². The Kier molecular flexibility index (Phi) is 3.49. The summed E-state index contributed by atoms with van der Waals surface area (Å²) in [5, 5.41) is 1.16. The average Bonchev–Trinajstić information content (AvgIpc) is 3.04. The second kappa shape index (κ2) is 5.29. The van der Waals surface area contributed by atoms with Crippen LogP contribution in [0.15, 0.2) is 24.3 Å². The Bertz CT molecular complexity index is 638. The monoisotopic (exact) mass is 271 g/mol. The van der Waals surface area contributed by atoms with E-state index < -0.39 is 0 Å². The smallest absolute Gasteiger partial charge is 0.265 e. The van der Waals surface area contributed by atoms with Gasteiger partial charge in [-0.3, -0.25) is 4.79 Å². The second-order valence-electron chi connectivity index (χ2n) is 5.57. The highest BCUT2D eigenvalue weighted by molar-refractivity contribution is 6.00. The number of carbonyl (C=O) groups is 1. The molecule has 0 bridgehead atoms. The van der Waals surface area contributed by atoms with Crippen molar-refractivity contribution in [2.24, 2.45) is 12.8 Å². The van der Waals surface area contributed by atoms with Crippen molar-refractivity contribution in [3.8, 4) is 0 Å². The van der Waals surface area contributed by atoms with Gasteiger partial charge >= 0.3 is 0 Å². The number of para-hydroxylation sites is 1. The van der Waals surface area contributed by atoms with Crippen LogP contribution in [0.3, 0.4) is 0 Å². The maximum atomic E-state index is 11.8. The first-order valence-corrected chi connectivity index (χ1v) is 7.27. The van der Waals surface area contributed by atoms with Gasteiger partial charge in [0.25, 0.3) is 5.91 Å². The molecule has 20 heavy (non-hydrogen) atoms. The lowest BCUT2D eigenvalue weighted by Gasteiger charge is -2.14. The number of primary amides is 1. The Morgan fingerprint density at radius 2 is 1.95 bits per heavy atom. The maximum absolute atomic E-state index is 11.8. The summed E-state index contributed by atoms with van der Waals surface area (Å²) >= 11 is 0. The lowest BCUT2D eigenvalue weighted by atomic mass is 10.1. The predicted molar refractivity (Wildman–Crippen MR) is 80.8 cm³/mol. The number of likely N-dealkylation sites (tertiary alicyclic amines) is 1. The number of hydrogen-bond acceptors (Lipinski definition) is 2. The molecular formula is C16H21N3O. The van der Waals surface area contributed by atoms with Crippen molar-refractivity contribution in [1.82, 2.24) is 9.47 Å². The molecule has 1 aliphatic rings. The minimum absolute atomic E-state index is 0.333. The number of nitrogens with two attached hydrogens (primary N) is 1. The number of hydrogen-bond donors (Lipinski definition) is 1. The summed E-state index contributed by atoms with van der Waals surface area (Å²) in [5.74, 6) is -0.333. The molecule has 1 aromatic carbocycles. The molecule has 0 unspecified atom stereocenters. The highest BCUT2D eigenvalue weighted by Gasteiger charge is 2.20. The molecule has 2 heterocycles. The van der Waals surface area contributed by atoms with E-state index in [1.807, 2.05) is 29.8 Å². The van der Waals surface area contributed by atoms with E-state index in [1.165, 1.54) is 25.9 Å². The summed E-state index contributed by atoms with van der Waals surface area (Å²) in [4.78, 5) is 14.3. The van der Waals surface area contributed by atoms with Crippen LogP contribution < -0.4 is 5.73 Å². The van der Waals surface area contributed by atoms with E-state index in [0.717, 1.165) is 29.4 Å². The van der Waals surface area contributed by atoms with Crippen molar-refractivity contribution in [2.75, 3.05) is 19.6 Å². The van der Waals surface area contributed by atoms with Crippen LogP contribution in [0.4, 0.5) is 0 Å². The normalized spacial score (nSPS) is 16.1. The second-order valence-corrected chi connectivity index (χ2v) is 5.57. The fourth-order valence-corrected chi connectivity index (χ4v) is 3.31. The van der Waals surface area contributed by atoms with Crippen LogP contribution in [-0.2, 0) is 13.5 Å². The first kappa shape index (κ1) is 13.2. The number of fused-ring (bicyclic) bond motifs is 1. The number of nitrogens with zero attached hydrogens (tertiary/aromatic N) is 2. The summed E-state index contributed by atoms with van der Waals surface area (Å²) in [6, 6.07) is 8.14. The molecule has 2 N–H and O–H groups in total. The summed E-state index contributed by atoms with van der Waals surface area (Å²) in [6.07, 6.45) is 3.47. The summed E-state index contributed by atoms with van der Waals surface area (Å²) in [7, 11) is 1.92. The van der Waals surface area contributed by atoms with Crippen molar-refractivity contribution >= 4 is 16.8 Å². The Balaban J connectivity index is 1.98. The minimum Gasteiger partial charge on any atom is -0.364 e. The zero-order chi connectivity index (χ0) is 14.1. The molecular weight excluding hydrogens is 250 g/mol. The summed E-state index contributed by atoms with van der Waals surface area (Å²) in [5.41, 5.74) is 8.43. The SMILES string of the molecule is Cn1c(C(N)=O)c(CCN2CCCC2)c2ccccc21. The van der Waals surface area contributed by atoms with Gasteiger partial charge < -0.3 is 15.2 Å². The Morgan fingerprint density at radius 3 is 2.65 bits per heavy atom. The van der Waals surface area contributed by atoms with Crippen molar-refractivity contribution in [3.05, 3.63) is 35.5 Å². The van der Waals surface area contributed by atoms with E-state index in [1.54, 1.807) is 0 Å². The van der Waals surface area contributed by atoms with Gasteiger partial charge in [-0.2, -0.15) is 0 Å². The molecule has 1 aliphatic heterocycles. The van der Waals surface area contributed by atoms with Crippen LogP contribution in [0.5, 0.6) is 0 Å². The molecule has 0 atom stereocenters. The lowest BCUT2D eigenvalue weighted by Crippen LogP contribution is -2.23. The third-order valence-electron chi connectivity index (χ3n) is 4.32. The lowest BCUT2D eigenvalue weighted by molar-refractivity contribution is 0.0992. The van der Waals surface area contributed by atoms with E-state index in [2.05, 4.69) is 11.0 Å². The number of carbonyl (C=O) groups excluding carboxylic acids is 1. The van der Waals surface area contributed by atoms with Gasteiger partial charge in [0.15, 0.2) is 0 Å².